The predicted octanol–water partition coefficient (Wildman–Crippen LogP) is 3.00. The summed E-state index contributed by atoms with van der Waals surface area (Å²) in [5.74, 6) is -0.700. The number of amides is 1. The summed E-state index contributed by atoms with van der Waals surface area (Å²) in [6.45, 7) is 0.258. The molecule has 4 N–H and O–H groups in total. The Bertz CT molecular complexity index is 1410. The van der Waals surface area contributed by atoms with E-state index in [0.29, 0.717) is 18.5 Å². The van der Waals surface area contributed by atoms with Crippen molar-refractivity contribution in [3.8, 4) is 11.3 Å². The molecule has 1 amide bonds. The summed E-state index contributed by atoms with van der Waals surface area (Å²) in [4.78, 5) is 40.3. The Hall–Kier alpha value is -4.66. The molecule has 178 valence electrons. The van der Waals surface area contributed by atoms with Crippen molar-refractivity contribution in [2.75, 3.05) is 12.3 Å². The highest BCUT2D eigenvalue weighted by atomic mass is 16.4. The number of rotatable bonds is 9. The van der Waals surface area contributed by atoms with Gasteiger partial charge < -0.3 is 20.6 Å². The van der Waals surface area contributed by atoms with Gasteiger partial charge in [-0.25, -0.2) is 9.78 Å². The largest absolute Gasteiger partial charge is 0.478 e. The molecule has 0 saturated carbocycles. The van der Waals surface area contributed by atoms with Crippen LogP contribution in [0, 0.1) is 0 Å². The number of carboxylic acids is 1. The third-order valence-corrected chi connectivity index (χ3v) is 5.49. The molecule has 2 aromatic carbocycles. The fourth-order valence-electron chi connectivity index (χ4n) is 3.70. The van der Waals surface area contributed by atoms with Crippen molar-refractivity contribution in [1.82, 2.24) is 14.9 Å². The van der Waals surface area contributed by atoms with Gasteiger partial charge in [-0.05, 0) is 54.8 Å². The minimum atomic E-state index is -1.12. The fourth-order valence-corrected chi connectivity index (χ4v) is 3.70. The molecule has 2 aromatic heterocycles. The van der Waals surface area contributed by atoms with Gasteiger partial charge in [0, 0.05) is 30.3 Å². The number of anilines is 1. The minimum Gasteiger partial charge on any atom is -0.478 e. The number of aromatic nitrogens is 2. The van der Waals surface area contributed by atoms with E-state index >= 15 is 0 Å². The number of nitrogen functional groups attached to an aromatic ring is 1. The van der Waals surface area contributed by atoms with E-state index in [0.717, 1.165) is 16.9 Å². The first-order valence-electron chi connectivity index (χ1n) is 11.0. The average Bonchev–Trinajstić information content (AvgIpc) is 3.40. The Balaban J connectivity index is 1.35. The first-order chi connectivity index (χ1) is 16.9. The summed E-state index contributed by atoms with van der Waals surface area (Å²) in [6, 6.07) is 18.9. The van der Waals surface area contributed by atoms with Crippen molar-refractivity contribution in [3.05, 3.63) is 106 Å². The van der Waals surface area contributed by atoms with Crippen molar-refractivity contribution in [2.45, 2.75) is 19.4 Å². The summed E-state index contributed by atoms with van der Waals surface area (Å²) in [5, 5.41) is 11.7. The van der Waals surface area contributed by atoms with Crippen LogP contribution in [0.3, 0.4) is 0 Å². The number of hydrogen-bond donors (Lipinski definition) is 3. The van der Waals surface area contributed by atoms with Gasteiger partial charge in [-0.1, -0.05) is 24.3 Å². The maximum Gasteiger partial charge on any atom is 0.335 e. The molecule has 0 bridgehead atoms. The van der Waals surface area contributed by atoms with Gasteiger partial charge in [0.05, 0.1) is 17.5 Å². The van der Waals surface area contributed by atoms with Gasteiger partial charge in [0.25, 0.3) is 11.5 Å². The Morgan fingerprint density at radius 1 is 1.00 bits per heavy atom. The summed E-state index contributed by atoms with van der Waals surface area (Å²) in [5.41, 5.74) is 8.60. The van der Waals surface area contributed by atoms with E-state index in [4.69, 9.17) is 15.3 Å². The molecule has 0 aliphatic carbocycles. The minimum absolute atomic E-state index is 0.0191. The van der Waals surface area contributed by atoms with E-state index in [-0.39, 0.29) is 35.7 Å². The smallest absolute Gasteiger partial charge is 0.335 e. The van der Waals surface area contributed by atoms with Crippen molar-refractivity contribution >= 4 is 17.8 Å². The Morgan fingerprint density at radius 2 is 1.80 bits per heavy atom. The van der Waals surface area contributed by atoms with Crippen LogP contribution in [0.15, 0.2) is 82.2 Å². The van der Waals surface area contributed by atoms with Gasteiger partial charge in [-0.2, -0.15) is 0 Å². The molecule has 4 aromatic rings. The van der Waals surface area contributed by atoms with Crippen LogP contribution in [0.4, 0.5) is 5.95 Å². The number of furan rings is 1. The third-order valence-electron chi connectivity index (χ3n) is 5.49. The maximum atomic E-state index is 12.6. The maximum absolute atomic E-state index is 12.6. The van der Waals surface area contributed by atoms with Gasteiger partial charge in [-0.3, -0.25) is 14.2 Å². The summed E-state index contributed by atoms with van der Waals surface area (Å²) >= 11 is 0. The Morgan fingerprint density at radius 3 is 2.54 bits per heavy atom. The van der Waals surface area contributed by atoms with E-state index in [2.05, 4.69) is 10.3 Å². The zero-order valence-electron chi connectivity index (χ0n) is 18.8. The summed E-state index contributed by atoms with van der Waals surface area (Å²) < 4.78 is 6.73. The molecule has 0 saturated heterocycles. The van der Waals surface area contributed by atoms with Crippen molar-refractivity contribution in [2.24, 2.45) is 0 Å². The first kappa shape index (κ1) is 23.5. The van der Waals surface area contributed by atoms with Crippen LogP contribution in [-0.2, 0) is 19.4 Å². The number of hydrogen-bond acceptors (Lipinski definition) is 6. The number of carbonyl (C=O) groups is 2. The second kappa shape index (κ2) is 10.5. The fraction of sp³-hybridized carbons (Fsp3) is 0.154. The predicted molar refractivity (Wildman–Crippen MR) is 130 cm³/mol. The molecule has 0 radical (unpaired) electrons. The molecule has 0 aliphatic rings. The standard InChI is InChI=1S/C26H24N4O5/c27-26-29-21(10-9-17-4-1-5-18(14-17)22-8-3-13-35-22)16-23(31)30(26)12-11-28-24(32)19-6-2-7-20(15-19)25(33)34/h1-8,13-16H,9-12H2,(H2,27,29)(H,28,32)(H,33,34). The molecule has 2 heterocycles. The molecule has 4 rings (SSSR count). The average molecular weight is 473 g/mol. The molecule has 0 aliphatic heterocycles. The van der Waals surface area contributed by atoms with E-state index in [1.165, 1.54) is 34.9 Å². The van der Waals surface area contributed by atoms with Crippen molar-refractivity contribution < 1.29 is 19.1 Å². The first-order valence-corrected chi connectivity index (χ1v) is 11.0. The van der Waals surface area contributed by atoms with Crippen molar-refractivity contribution in [3.63, 3.8) is 0 Å². The second-order valence-electron chi connectivity index (χ2n) is 7.92. The number of carboxylic acid groups (broad SMARTS) is 1. The quantitative estimate of drug-likeness (QED) is 0.340. The van der Waals surface area contributed by atoms with Crippen LogP contribution in [0.1, 0.15) is 32.0 Å². The second-order valence-corrected chi connectivity index (χ2v) is 7.92. The Kier molecular flexibility index (Phi) is 7.06. The van der Waals surface area contributed by atoms with Crippen molar-refractivity contribution in [1.29, 1.82) is 0 Å². The van der Waals surface area contributed by atoms with Crippen LogP contribution in [0.5, 0.6) is 0 Å². The van der Waals surface area contributed by atoms with Crippen LogP contribution < -0.4 is 16.6 Å². The van der Waals surface area contributed by atoms with Gasteiger partial charge in [-0.15, -0.1) is 0 Å². The van der Waals surface area contributed by atoms with E-state index in [1.807, 2.05) is 36.4 Å². The van der Waals surface area contributed by atoms with Crippen LogP contribution >= 0.6 is 0 Å². The van der Waals surface area contributed by atoms with Crippen LogP contribution in [0.2, 0.25) is 0 Å². The van der Waals surface area contributed by atoms with E-state index in [9.17, 15) is 14.4 Å². The van der Waals surface area contributed by atoms with Gasteiger partial charge >= 0.3 is 5.97 Å². The topological polar surface area (TPSA) is 140 Å². The molecule has 9 heteroatoms. The number of nitrogens with zero attached hydrogens (tertiary/aromatic N) is 2. The zero-order chi connectivity index (χ0) is 24.8. The summed E-state index contributed by atoms with van der Waals surface area (Å²) in [7, 11) is 0. The van der Waals surface area contributed by atoms with Gasteiger partial charge in [0.2, 0.25) is 5.95 Å². The Labute approximate surface area is 200 Å². The van der Waals surface area contributed by atoms with Crippen LogP contribution in [-0.4, -0.2) is 33.1 Å². The molecule has 9 nitrogen and oxygen atoms in total. The number of carbonyl (C=O) groups excluding carboxylic acids is 1. The number of aromatic carboxylic acids is 1. The number of benzene rings is 2. The lowest BCUT2D eigenvalue weighted by Crippen LogP contribution is -2.32. The molecule has 0 fully saturated rings. The van der Waals surface area contributed by atoms with Gasteiger partial charge in [0.1, 0.15) is 5.76 Å². The van der Waals surface area contributed by atoms with Gasteiger partial charge in [0.15, 0.2) is 0 Å². The summed E-state index contributed by atoms with van der Waals surface area (Å²) in [6.07, 6.45) is 2.85. The molecule has 0 unspecified atom stereocenters. The highest BCUT2D eigenvalue weighted by Crippen LogP contribution is 2.21. The number of nitrogens with one attached hydrogen (secondary N) is 1. The zero-order valence-corrected chi connectivity index (χ0v) is 18.8. The lowest BCUT2D eigenvalue weighted by Gasteiger charge is -2.11. The van der Waals surface area contributed by atoms with E-state index in [1.54, 1.807) is 6.26 Å². The monoisotopic (exact) mass is 472 g/mol. The van der Waals surface area contributed by atoms with Crippen LogP contribution in [0.25, 0.3) is 11.3 Å². The highest BCUT2D eigenvalue weighted by Gasteiger charge is 2.11. The number of nitrogens with two attached hydrogens (primary N) is 1. The van der Waals surface area contributed by atoms with E-state index < -0.39 is 11.9 Å². The number of aryl methyl sites for hydroxylation is 2. The lowest BCUT2D eigenvalue weighted by molar-refractivity contribution is 0.0697. The normalized spacial score (nSPS) is 10.7. The molecule has 35 heavy (non-hydrogen) atoms. The highest BCUT2D eigenvalue weighted by molar-refractivity contribution is 5.97. The third kappa shape index (κ3) is 5.83. The SMILES string of the molecule is Nc1nc(CCc2cccc(-c3ccco3)c2)cc(=O)n1CCNC(=O)c1cccc(C(=O)O)c1. The molecular formula is C26H24N4O5. The lowest BCUT2D eigenvalue weighted by atomic mass is 10.0. The molecular weight excluding hydrogens is 448 g/mol. The molecule has 0 atom stereocenters. The molecule has 0 spiro atoms.